The molecule has 0 bridgehead atoms. The third-order valence-corrected chi connectivity index (χ3v) is 4.86. The molecule has 0 aliphatic carbocycles. The van der Waals surface area contributed by atoms with E-state index in [0.717, 1.165) is 37.1 Å². The van der Waals surface area contributed by atoms with Crippen molar-refractivity contribution in [1.82, 2.24) is 9.47 Å². The summed E-state index contributed by atoms with van der Waals surface area (Å²) in [6, 6.07) is 8.16. The number of aromatic nitrogens is 1. The number of carbonyl (C=O) groups is 1. The first-order valence-electron chi connectivity index (χ1n) is 8.10. The van der Waals surface area contributed by atoms with Gasteiger partial charge in [0.15, 0.2) is 0 Å². The molecule has 0 spiro atoms. The lowest BCUT2D eigenvalue weighted by Gasteiger charge is -2.37. The zero-order valence-corrected chi connectivity index (χ0v) is 13.6. The minimum absolute atomic E-state index is 0.0338. The van der Waals surface area contributed by atoms with E-state index in [1.807, 2.05) is 17.0 Å². The summed E-state index contributed by atoms with van der Waals surface area (Å²) in [5.74, 6) is 1.33. The van der Waals surface area contributed by atoms with Gasteiger partial charge < -0.3 is 14.2 Å². The molecule has 3 rings (SSSR count). The number of fused-ring (bicyclic) bond motifs is 1. The molecule has 2 aromatic rings. The number of piperidine rings is 1. The van der Waals surface area contributed by atoms with E-state index in [0.29, 0.717) is 5.91 Å². The molecule has 1 fully saturated rings. The fourth-order valence-corrected chi connectivity index (χ4v) is 3.46. The van der Waals surface area contributed by atoms with Crippen LogP contribution in [0.2, 0.25) is 0 Å². The normalized spacial score (nSPS) is 20.4. The van der Waals surface area contributed by atoms with Crippen LogP contribution in [0.25, 0.3) is 10.9 Å². The van der Waals surface area contributed by atoms with Crippen LogP contribution in [0.4, 0.5) is 0 Å². The second-order valence-electron chi connectivity index (χ2n) is 6.06. The second-order valence-corrected chi connectivity index (χ2v) is 6.06. The van der Waals surface area contributed by atoms with E-state index in [1.54, 1.807) is 7.11 Å². The molecule has 1 saturated heterocycles. The predicted octanol–water partition coefficient (Wildman–Crippen LogP) is 3.82. The van der Waals surface area contributed by atoms with Gasteiger partial charge in [0.2, 0.25) is 5.91 Å². The summed E-state index contributed by atoms with van der Waals surface area (Å²) in [4.78, 5) is 14.7. The van der Waals surface area contributed by atoms with Crippen molar-refractivity contribution >= 4 is 16.8 Å². The van der Waals surface area contributed by atoms with Crippen LogP contribution in [0.1, 0.15) is 39.3 Å². The molecule has 2 heterocycles. The van der Waals surface area contributed by atoms with Crippen LogP contribution >= 0.6 is 0 Å². The van der Waals surface area contributed by atoms with Crippen LogP contribution in [-0.2, 0) is 4.79 Å². The average Bonchev–Trinajstić information content (AvgIpc) is 2.97. The lowest BCUT2D eigenvalue weighted by Crippen LogP contribution is -2.44. The van der Waals surface area contributed by atoms with Crippen molar-refractivity contribution in [2.45, 2.75) is 39.3 Å². The van der Waals surface area contributed by atoms with Gasteiger partial charge in [-0.05, 0) is 49.8 Å². The molecule has 0 saturated carbocycles. The first-order chi connectivity index (χ1) is 10.7. The Morgan fingerprint density at radius 1 is 1.36 bits per heavy atom. The molecule has 22 heavy (non-hydrogen) atoms. The van der Waals surface area contributed by atoms with Crippen LogP contribution in [0.15, 0.2) is 30.5 Å². The van der Waals surface area contributed by atoms with Crippen molar-refractivity contribution in [2.24, 2.45) is 5.92 Å². The number of nitrogens with zero attached hydrogens (tertiary/aromatic N) is 2. The van der Waals surface area contributed by atoms with Gasteiger partial charge in [0, 0.05) is 24.7 Å². The molecule has 2 unspecified atom stereocenters. The van der Waals surface area contributed by atoms with E-state index in [4.69, 9.17) is 4.74 Å². The largest absolute Gasteiger partial charge is 0.497 e. The van der Waals surface area contributed by atoms with Crippen molar-refractivity contribution in [3.8, 4) is 5.75 Å². The van der Waals surface area contributed by atoms with Crippen LogP contribution < -0.4 is 4.74 Å². The standard InChI is InChI=1S/C18H24N2O2/c1-4-14-6-5-10-20(18(14)21)13(2)19-11-9-15-7-8-16(22-3)12-17(15)19/h7-9,11-14H,4-6,10H2,1-3H3. The average molecular weight is 300 g/mol. The first kappa shape index (κ1) is 14.9. The lowest BCUT2D eigenvalue weighted by atomic mass is 9.94. The number of amides is 1. The van der Waals surface area contributed by atoms with E-state index in [-0.39, 0.29) is 12.1 Å². The fraction of sp³-hybridized carbons (Fsp3) is 0.500. The van der Waals surface area contributed by atoms with Crippen LogP contribution in [-0.4, -0.2) is 29.0 Å². The van der Waals surface area contributed by atoms with E-state index in [9.17, 15) is 4.79 Å². The molecule has 1 aliphatic heterocycles. The third-order valence-electron chi connectivity index (χ3n) is 4.86. The van der Waals surface area contributed by atoms with Gasteiger partial charge in [-0.2, -0.15) is 0 Å². The van der Waals surface area contributed by atoms with E-state index < -0.39 is 0 Å². The molecule has 1 amide bonds. The summed E-state index contributed by atoms with van der Waals surface area (Å²) in [6.07, 6.45) is 5.15. The summed E-state index contributed by atoms with van der Waals surface area (Å²) >= 11 is 0. The molecular weight excluding hydrogens is 276 g/mol. The molecule has 4 nitrogen and oxygen atoms in total. The SMILES string of the molecule is CCC1CCCN(C(C)n2ccc3ccc(OC)cc32)C1=O. The number of benzene rings is 1. The van der Waals surface area contributed by atoms with Gasteiger partial charge >= 0.3 is 0 Å². The Morgan fingerprint density at radius 2 is 2.18 bits per heavy atom. The van der Waals surface area contributed by atoms with Gasteiger partial charge in [0.1, 0.15) is 11.9 Å². The minimum atomic E-state index is 0.0338. The van der Waals surface area contributed by atoms with Gasteiger partial charge in [-0.1, -0.05) is 6.92 Å². The van der Waals surface area contributed by atoms with E-state index in [1.165, 1.54) is 5.39 Å². The van der Waals surface area contributed by atoms with Gasteiger partial charge in [0.05, 0.1) is 12.6 Å². The van der Waals surface area contributed by atoms with Gasteiger partial charge in [-0.25, -0.2) is 0 Å². The number of carbonyl (C=O) groups excluding carboxylic acids is 1. The van der Waals surface area contributed by atoms with Gasteiger partial charge in [-0.3, -0.25) is 4.79 Å². The second kappa shape index (κ2) is 6.03. The third kappa shape index (κ3) is 2.47. The number of hydrogen-bond acceptors (Lipinski definition) is 2. The lowest BCUT2D eigenvalue weighted by molar-refractivity contribution is -0.142. The van der Waals surface area contributed by atoms with E-state index in [2.05, 4.69) is 36.7 Å². The quantitative estimate of drug-likeness (QED) is 0.860. The summed E-state index contributed by atoms with van der Waals surface area (Å²) in [5, 5.41) is 1.17. The Morgan fingerprint density at radius 3 is 2.91 bits per heavy atom. The molecule has 0 N–H and O–H groups in total. The first-order valence-corrected chi connectivity index (χ1v) is 8.10. The van der Waals surface area contributed by atoms with Gasteiger partial charge in [0.25, 0.3) is 0 Å². The molecular formula is C18H24N2O2. The molecule has 1 aromatic carbocycles. The van der Waals surface area contributed by atoms with Crippen LogP contribution in [0.5, 0.6) is 5.75 Å². The number of hydrogen-bond donors (Lipinski definition) is 0. The van der Waals surface area contributed by atoms with E-state index >= 15 is 0 Å². The molecule has 2 atom stereocenters. The maximum atomic E-state index is 12.6. The summed E-state index contributed by atoms with van der Waals surface area (Å²) in [7, 11) is 1.68. The van der Waals surface area contributed by atoms with Crippen molar-refractivity contribution in [1.29, 1.82) is 0 Å². The monoisotopic (exact) mass is 300 g/mol. The Balaban J connectivity index is 1.94. The summed E-state index contributed by atoms with van der Waals surface area (Å²) < 4.78 is 7.51. The summed E-state index contributed by atoms with van der Waals surface area (Å²) in [6.45, 7) is 5.06. The highest BCUT2D eigenvalue weighted by atomic mass is 16.5. The number of ether oxygens (including phenoxy) is 1. The van der Waals surface area contributed by atoms with Gasteiger partial charge in [-0.15, -0.1) is 0 Å². The molecule has 4 heteroatoms. The number of rotatable bonds is 4. The number of likely N-dealkylation sites (tertiary alicyclic amines) is 1. The van der Waals surface area contributed by atoms with Crippen molar-refractivity contribution in [3.63, 3.8) is 0 Å². The molecule has 118 valence electrons. The minimum Gasteiger partial charge on any atom is -0.497 e. The molecule has 1 aromatic heterocycles. The van der Waals surface area contributed by atoms with Crippen molar-refractivity contribution in [3.05, 3.63) is 30.5 Å². The maximum Gasteiger partial charge on any atom is 0.227 e. The Hall–Kier alpha value is -1.97. The predicted molar refractivity (Wildman–Crippen MR) is 87.9 cm³/mol. The Labute approximate surface area is 131 Å². The Kier molecular flexibility index (Phi) is 4.10. The fourth-order valence-electron chi connectivity index (χ4n) is 3.46. The van der Waals surface area contributed by atoms with Crippen molar-refractivity contribution in [2.75, 3.05) is 13.7 Å². The number of methoxy groups -OCH3 is 1. The maximum absolute atomic E-state index is 12.6. The highest BCUT2D eigenvalue weighted by molar-refractivity contribution is 5.83. The zero-order chi connectivity index (χ0) is 15.7. The molecule has 1 aliphatic rings. The Bertz CT molecular complexity index is 677. The smallest absolute Gasteiger partial charge is 0.227 e. The molecule has 0 radical (unpaired) electrons. The van der Waals surface area contributed by atoms with Crippen LogP contribution in [0.3, 0.4) is 0 Å². The summed E-state index contributed by atoms with van der Waals surface area (Å²) in [5.41, 5.74) is 1.11. The topological polar surface area (TPSA) is 34.5 Å². The highest BCUT2D eigenvalue weighted by Crippen LogP contribution is 2.30. The van der Waals surface area contributed by atoms with Crippen LogP contribution in [0, 0.1) is 5.92 Å². The highest BCUT2D eigenvalue weighted by Gasteiger charge is 2.31. The zero-order valence-electron chi connectivity index (χ0n) is 13.6. The van der Waals surface area contributed by atoms with Crippen molar-refractivity contribution < 1.29 is 9.53 Å².